The highest BCUT2D eigenvalue weighted by atomic mass is 32.1. The van der Waals surface area contributed by atoms with E-state index in [1.165, 1.54) is 0 Å². The van der Waals surface area contributed by atoms with E-state index >= 15 is 0 Å². The third-order valence-electron chi connectivity index (χ3n) is 2.48. The zero-order valence-corrected chi connectivity index (χ0v) is 11.0. The molecule has 0 bridgehead atoms. The zero-order chi connectivity index (χ0) is 13.1. The fraction of sp³-hybridized carbons (Fsp3) is 0.250. The largest absolute Gasteiger partial charge is 0.374 e. The van der Waals surface area contributed by atoms with E-state index in [-0.39, 0.29) is 10.6 Å². The number of benzene rings is 1. The van der Waals surface area contributed by atoms with E-state index in [9.17, 15) is 10.1 Å². The lowest BCUT2D eigenvalue weighted by Crippen LogP contribution is -2.03. The van der Waals surface area contributed by atoms with Gasteiger partial charge in [0.25, 0.3) is 5.69 Å². The predicted molar refractivity (Wildman–Crippen MR) is 72.0 cm³/mol. The van der Waals surface area contributed by atoms with E-state index in [0.717, 1.165) is 16.3 Å². The van der Waals surface area contributed by atoms with Crippen LogP contribution in [0.25, 0.3) is 0 Å². The van der Waals surface area contributed by atoms with Crippen molar-refractivity contribution in [3.05, 3.63) is 50.0 Å². The first-order valence-electron chi connectivity index (χ1n) is 5.46. The molecule has 0 fully saturated rings. The third kappa shape index (κ3) is 2.84. The SMILES string of the molecule is Cc1ccc(NCc2csc(C)n2)c([N+](=O)[O-])c1. The second kappa shape index (κ2) is 5.14. The number of nitro groups is 1. The van der Waals surface area contributed by atoms with Gasteiger partial charge in [-0.25, -0.2) is 4.98 Å². The standard InChI is InChI=1S/C12H13N3O2S/c1-8-3-4-11(12(5-8)15(16)17)13-6-10-7-18-9(2)14-10/h3-5,7,13H,6H2,1-2H3. The lowest BCUT2D eigenvalue weighted by molar-refractivity contribution is -0.384. The summed E-state index contributed by atoms with van der Waals surface area (Å²) >= 11 is 1.57. The van der Waals surface area contributed by atoms with Crippen LogP contribution >= 0.6 is 11.3 Å². The lowest BCUT2D eigenvalue weighted by Gasteiger charge is -2.06. The lowest BCUT2D eigenvalue weighted by atomic mass is 10.2. The minimum Gasteiger partial charge on any atom is -0.374 e. The molecule has 1 heterocycles. The summed E-state index contributed by atoms with van der Waals surface area (Å²) in [5.41, 5.74) is 2.39. The molecule has 0 radical (unpaired) electrons. The Balaban J connectivity index is 2.16. The van der Waals surface area contributed by atoms with Crippen LogP contribution in [-0.2, 0) is 6.54 Å². The Morgan fingerprint density at radius 1 is 1.44 bits per heavy atom. The molecule has 0 spiro atoms. The maximum Gasteiger partial charge on any atom is 0.292 e. The van der Waals surface area contributed by atoms with Crippen LogP contribution in [0.2, 0.25) is 0 Å². The van der Waals surface area contributed by atoms with E-state index in [2.05, 4.69) is 10.3 Å². The average Bonchev–Trinajstić information content (AvgIpc) is 2.73. The van der Waals surface area contributed by atoms with E-state index in [4.69, 9.17) is 0 Å². The molecule has 2 aromatic rings. The highest BCUT2D eigenvalue weighted by molar-refractivity contribution is 7.09. The number of anilines is 1. The van der Waals surface area contributed by atoms with Crippen LogP contribution < -0.4 is 5.32 Å². The summed E-state index contributed by atoms with van der Waals surface area (Å²) < 4.78 is 0. The van der Waals surface area contributed by atoms with Crippen molar-refractivity contribution in [3.63, 3.8) is 0 Å². The summed E-state index contributed by atoms with van der Waals surface area (Å²) in [5, 5.41) is 16.9. The first-order valence-corrected chi connectivity index (χ1v) is 6.34. The molecule has 18 heavy (non-hydrogen) atoms. The van der Waals surface area contributed by atoms with E-state index in [1.807, 2.05) is 25.3 Å². The van der Waals surface area contributed by atoms with Crippen LogP contribution in [0.5, 0.6) is 0 Å². The van der Waals surface area contributed by atoms with Crippen molar-refractivity contribution in [1.29, 1.82) is 0 Å². The summed E-state index contributed by atoms with van der Waals surface area (Å²) in [6.07, 6.45) is 0. The highest BCUT2D eigenvalue weighted by Crippen LogP contribution is 2.25. The van der Waals surface area contributed by atoms with Gasteiger partial charge in [0.2, 0.25) is 0 Å². The minimum atomic E-state index is -0.373. The molecule has 0 aliphatic carbocycles. The fourth-order valence-corrected chi connectivity index (χ4v) is 2.23. The van der Waals surface area contributed by atoms with Gasteiger partial charge in [0.1, 0.15) is 5.69 Å². The average molecular weight is 263 g/mol. The Bertz CT molecular complexity index is 580. The highest BCUT2D eigenvalue weighted by Gasteiger charge is 2.13. The number of hydrogen-bond donors (Lipinski definition) is 1. The number of hydrogen-bond acceptors (Lipinski definition) is 5. The zero-order valence-electron chi connectivity index (χ0n) is 10.1. The van der Waals surface area contributed by atoms with Gasteiger partial charge in [0.15, 0.2) is 0 Å². The quantitative estimate of drug-likeness (QED) is 0.679. The molecule has 0 saturated heterocycles. The molecule has 94 valence electrons. The Morgan fingerprint density at radius 2 is 2.22 bits per heavy atom. The van der Waals surface area contributed by atoms with Gasteiger partial charge in [-0.2, -0.15) is 0 Å². The van der Waals surface area contributed by atoms with Crippen LogP contribution in [0.4, 0.5) is 11.4 Å². The molecule has 6 heteroatoms. The van der Waals surface area contributed by atoms with Crippen molar-refractivity contribution in [2.75, 3.05) is 5.32 Å². The van der Waals surface area contributed by atoms with Crippen molar-refractivity contribution >= 4 is 22.7 Å². The first-order chi connectivity index (χ1) is 8.56. The summed E-state index contributed by atoms with van der Waals surface area (Å²) in [6, 6.07) is 5.14. The summed E-state index contributed by atoms with van der Waals surface area (Å²) in [4.78, 5) is 14.9. The second-order valence-corrected chi connectivity index (χ2v) is 5.05. The number of nitro benzene ring substituents is 1. The number of nitrogens with zero attached hydrogens (tertiary/aromatic N) is 2. The van der Waals surface area contributed by atoms with Crippen molar-refractivity contribution in [3.8, 4) is 0 Å². The van der Waals surface area contributed by atoms with Crippen molar-refractivity contribution in [2.24, 2.45) is 0 Å². The molecule has 5 nitrogen and oxygen atoms in total. The number of rotatable bonds is 4. The van der Waals surface area contributed by atoms with E-state index in [1.54, 1.807) is 23.5 Å². The monoisotopic (exact) mass is 263 g/mol. The smallest absolute Gasteiger partial charge is 0.292 e. The molecule has 2 rings (SSSR count). The van der Waals surface area contributed by atoms with Gasteiger partial charge in [-0.15, -0.1) is 11.3 Å². The van der Waals surface area contributed by atoms with Gasteiger partial charge in [0, 0.05) is 11.4 Å². The Kier molecular flexibility index (Phi) is 3.57. The Morgan fingerprint density at radius 3 is 2.83 bits per heavy atom. The molecule has 0 atom stereocenters. The fourth-order valence-electron chi connectivity index (χ4n) is 1.62. The minimum absolute atomic E-state index is 0.0990. The van der Waals surface area contributed by atoms with Crippen molar-refractivity contribution in [1.82, 2.24) is 4.98 Å². The molecule has 0 aliphatic rings. The third-order valence-corrected chi connectivity index (χ3v) is 3.30. The van der Waals surface area contributed by atoms with Gasteiger partial charge >= 0.3 is 0 Å². The summed E-state index contributed by atoms with van der Waals surface area (Å²) in [6.45, 7) is 4.26. The van der Waals surface area contributed by atoms with Gasteiger partial charge in [-0.3, -0.25) is 10.1 Å². The molecular formula is C12H13N3O2S. The van der Waals surface area contributed by atoms with Gasteiger partial charge in [0.05, 0.1) is 22.2 Å². The Labute approximate surface area is 109 Å². The first kappa shape index (κ1) is 12.5. The number of nitrogens with one attached hydrogen (secondary N) is 1. The molecule has 0 unspecified atom stereocenters. The molecule has 0 saturated carbocycles. The molecule has 1 aromatic carbocycles. The van der Waals surface area contributed by atoms with E-state index in [0.29, 0.717) is 12.2 Å². The van der Waals surface area contributed by atoms with Crippen LogP contribution in [-0.4, -0.2) is 9.91 Å². The van der Waals surface area contributed by atoms with Gasteiger partial charge in [-0.05, 0) is 25.5 Å². The van der Waals surface area contributed by atoms with Crippen molar-refractivity contribution < 1.29 is 4.92 Å². The number of aromatic nitrogens is 1. The maximum atomic E-state index is 10.9. The van der Waals surface area contributed by atoms with Crippen LogP contribution in [0.1, 0.15) is 16.3 Å². The number of aryl methyl sites for hydroxylation is 2. The Hall–Kier alpha value is -1.95. The van der Waals surface area contributed by atoms with Gasteiger partial charge in [-0.1, -0.05) is 6.07 Å². The van der Waals surface area contributed by atoms with Crippen LogP contribution in [0.15, 0.2) is 23.6 Å². The molecule has 0 amide bonds. The maximum absolute atomic E-state index is 10.9. The summed E-state index contributed by atoms with van der Waals surface area (Å²) in [5.74, 6) is 0. The normalized spacial score (nSPS) is 10.3. The van der Waals surface area contributed by atoms with Crippen molar-refractivity contribution in [2.45, 2.75) is 20.4 Å². The van der Waals surface area contributed by atoms with Crippen LogP contribution in [0, 0.1) is 24.0 Å². The topological polar surface area (TPSA) is 68.1 Å². The molecule has 1 N–H and O–H groups in total. The van der Waals surface area contributed by atoms with Gasteiger partial charge < -0.3 is 5.32 Å². The molecule has 1 aromatic heterocycles. The predicted octanol–water partition coefficient (Wildman–Crippen LogP) is 3.28. The number of thiazole rings is 1. The molecular weight excluding hydrogens is 250 g/mol. The summed E-state index contributed by atoms with van der Waals surface area (Å²) in [7, 11) is 0. The molecule has 0 aliphatic heterocycles. The second-order valence-electron chi connectivity index (χ2n) is 3.99. The van der Waals surface area contributed by atoms with Crippen LogP contribution in [0.3, 0.4) is 0 Å². The van der Waals surface area contributed by atoms with E-state index < -0.39 is 0 Å².